The molecule has 0 saturated heterocycles. The van der Waals surface area contributed by atoms with Crippen LogP contribution in [0.4, 0.5) is 0 Å². The SMILES string of the molecule is CN(C)C(=O)CN=C(NCCc1cccc(C(=O)N(C)C)c1)NCC1CCCCC1.I. The summed E-state index contributed by atoms with van der Waals surface area (Å²) in [5.74, 6) is 1.33. The van der Waals surface area contributed by atoms with Gasteiger partial charge in [-0.2, -0.15) is 0 Å². The number of hydrogen-bond acceptors (Lipinski definition) is 3. The predicted molar refractivity (Wildman–Crippen MR) is 137 cm³/mol. The highest BCUT2D eigenvalue weighted by molar-refractivity contribution is 14.0. The number of carbonyl (C=O) groups is 2. The Hall–Kier alpha value is -1.84. The zero-order valence-corrected chi connectivity index (χ0v) is 21.6. The predicted octanol–water partition coefficient (Wildman–Crippen LogP) is 2.75. The molecule has 1 aliphatic rings. The summed E-state index contributed by atoms with van der Waals surface area (Å²) in [4.78, 5) is 31.7. The number of carbonyl (C=O) groups excluding carboxylic acids is 2. The third-order valence-electron chi connectivity index (χ3n) is 5.44. The number of benzene rings is 1. The number of guanidine groups is 1. The maximum Gasteiger partial charge on any atom is 0.253 e. The van der Waals surface area contributed by atoms with Crippen LogP contribution in [0.3, 0.4) is 0 Å². The summed E-state index contributed by atoms with van der Waals surface area (Å²) < 4.78 is 0. The van der Waals surface area contributed by atoms with Crippen LogP contribution < -0.4 is 10.6 Å². The Morgan fingerprint density at radius 1 is 1.03 bits per heavy atom. The van der Waals surface area contributed by atoms with E-state index in [1.54, 1.807) is 38.0 Å². The standard InChI is InChI=1S/C23H37N5O2.HI/c1-27(2)21(29)17-26-23(25-16-19-9-6-5-7-10-19)24-14-13-18-11-8-12-20(15-18)22(30)28(3)4;/h8,11-12,15,19H,5-7,9-10,13-14,16-17H2,1-4H3,(H2,24,25,26);1H. The van der Waals surface area contributed by atoms with Crippen molar-refractivity contribution in [1.82, 2.24) is 20.4 Å². The van der Waals surface area contributed by atoms with Gasteiger partial charge in [0, 0.05) is 46.8 Å². The highest BCUT2D eigenvalue weighted by Gasteiger charge is 2.14. The number of halogens is 1. The second-order valence-electron chi connectivity index (χ2n) is 8.41. The van der Waals surface area contributed by atoms with Gasteiger partial charge in [0.15, 0.2) is 5.96 Å². The van der Waals surface area contributed by atoms with Crippen LogP contribution in [0.5, 0.6) is 0 Å². The molecule has 0 radical (unpaired) electrons. The molecule has 0 atom stereocenters. The second-order valence-corrected chi connectivity index (χ2v) is 8.41. The molecule has 2 amide bonds. The highest BCUT2D eigenvalue weighted by atomic mass is 127. The monoisotopic (exact) mass is 543 g/mol. The van der Waals surface area contributed by atoms with E-state index in [4.69, 9.17) is 0 Å². The number of nitrogens with zero attached hydrogens (tertiary/aromatic N) is 3. The highest BCUT2D eigenvalue weighted by Crippen LogP contribution is 2.22. The molecule has 2 N–H and O–H groups in total. The van der Waals surface area contributed by atoms with Gasteiger partial charge in [-0.25, -0.2) is 4.99 Å². The Labute approximate surface area is 204 Å². The summed E-state index contributed by atoms with van der Waals surface area (Å²) >= 11 is 0. The van der Waals surface area contributed by atoms with E-state index in [1.165, 1.54) is 32.1 Å². The molecule has 2 rings (SSSR count). The van der Waals surface area contributed by atoms with Crippen molar-refractivity contribution in [1.29, 1.82) is 0 Å². The van der Waals surface area contributed by atoms with Gasteiger partial charge in [0.1, 0.15) is 6.54 Å². The Bertz CT molecular complexity index is 730. The van der Waals surface area contributed by atoms with Crippen molar-refractivity contribution in [3.63, 3.8) is 0 Å². The summed E-state index contributed by atoms with van der Waals surface area (Å²) in [6.07, 6.45) is 7.21. The lowest BCUT2D eigenvalue weighted by atomic mass is 9.89. The third-order valence-corrected chi connectivity index (χ3v) is 5.44. The average Bonchev–Trinajstić information content (AvgIpc) is 2.75. The minimum absolute atomic E-state index is 0. The average molecular weight is 543 g/mol. The van der Waals surface area contributed by atoms with Gasteiger partial charge in [0.2, 0.25) is 5.91 Å². The zero-order valence-electron chi connectivity index (χ0n) is 19.3. The Kier molecular flexibility index (Phi) is 12.5. The number of hydrogen-bond donors (Lipinski definition) is 2. The third kappa shape index (κ3) is 9.88. The molecule has 8 heteroatoms. The van der Waals surface area contributed by atoms with Crippen molar-refractivity contribution in [3.8, 4) is 0 Å². The van der Waals surface area contributed by atoms with E-state index in [9.17, 15) is 9.59 Å². The number of amides is 2. The van der Waals surface area contributed by atoms with Crippen LogP contribution in [0.1, 0.15) is 48.0 Å². The molecule has 0 aliphatic heterocycles. The van der Waals surface area contributed by atoms with Crippen LogP contribution in [0.15, 0.2) is 29.3 Å². The Morgan fingerprint density at radius 3 is 2.39 bits per heavy atom. The number of nitrogens with one attached hydrogen (secondary N) is 2. The first-order valence-corrected chi connectivity index (χ1v) is 10.9. The summed E-state index contributed by atoms with van der Waals surface area (Å²) in [6, 6.07) is 7.71. The lowest BCUT2D eigenvalue weighted by Gasteiger charge is -2.23. The molecule has 1 aromatic rings. The van der Waals surface area contributed by atoms with Gasteiger partial charge < -0.3 is 20.4 Å². The van der Waals surface area contributed by atoms with Crippen molar-refractivity contribution in [2.24, 2.45) is 10.9 Å². The van der Waals surface area contributed by atoms with Crippen LogP contribution >= 0.6 is 24.0 Å². The first kappa shape index (κ1) is 27.2. The van der Waals surface area contributed by atoms with E-state index in [0.29, 0.717) is 24.0 Å². The number of likely N-dealkylation sites (N-methyl/N-ethyl adjacent to an activating group) is 1. The van der Waals surface area contributed by atoms with E-state index >= 15 is 0 Å². The molecule has 31 heavy (non-hydrogen) atoms. The molecule has 0 aromatic heterocycles. The largest absolute Gasteiger partial charge is 0.356 e. The maximum absolute atomic E-state index is 12.2. The van der Waals surface area contributed by atoms with Gasteiger partial charge in [-0.3, -0.25) is 9.59 Å². The lowest BCUT2D eigenvalue weighted by Crippen LogP contribution is -2.41. The fourth-order valence-corrected chi connectivity index (χ4v) is 3.54. The number of rotatable bonds is 8. The van der Waals surface area contributed by atoms with E-state index in [1.807, 2.05) is 24.3 Å². The van der Waals surface area contributed by atoms with Crippen molar-refractivity contribution in [2.45, 2.75) is 38.5 Å². The van der Waals surface area contributed by atoms with Gasteiger partial charge in [0.05, 0.1) is 0 Å². The smallest absolute Gasteiger partial charge is 0.253 e. The Morgan fingerprint density at radius 2 is 1.74 bits per heavy atom. The molecule has 0 bridgehead atoms. The number of aliphatic imine (C=N–C) groups is 1. The molecule has 1 aromatic carbocycles. The van der Waals surface area contributed by atoms with Crippen LogP contribution in [0.2, 0.25) is 0 Å². The topological polar surface area (TPSA) is 77.0 Å². The lowest BCUT2D eigenvalue weighted by molar-refractivity contribution is -0.127. The van der Waals surface area contributed by atoms with Crippen LogP contribution in [0.25, 0.3) is 0 Å². The summed E-state index contributed by atoms with van der Waals surface area (Å²) in [6.45, 7) is 1.68. The van der Waals surface area contributed by atoms with Gasteiger partial charge >= 0.3 is 0 Å². The molecular formula is C23H38IN5O2. The van der Waals surface area contributed by atoms with Gasteiger partial charge in [-0.15, -0.1) is 24.0 Å². The summed E-state index contributed by atoms with van der Waals surface area (Å²) in [5, 5.41) is 6.77. The molecule has 1 saturated carbocycles. The fourth-order valence-electron chi connectivity index (χ4n) is 3.54. The minimum Gasteiger partial charge on any atom is -0.356 e. The summed E-state index contributed by atoms with van der Waals surface area (Å²) in [5.41, 5.74) is 1.78. The molecule has 0 unspecified atom stereocenters. The van der Waals surface area contributed by atoms with Crippen LogP contribution in [0, 0.1) is 5.92 Å². The molecule has 0 spiro atoms. The van der Waals surface area contributed by atoms with Gasteiger partial charge in [0.25, 0.3) is 5.91 Å². The van der Waals surface area contributed by atoms with E-state index in [2.05, 4.69) is 15.6 Å². The van der Waals surface area contributed by atoms with Gasteiger partial charge in [-0.1, -0.05) is 31.4 Å². The molecular weight excluding hydrogens is 505 g/mol. The van der Waals surface area contributed by atoms with Crippen molar-refractivity contribution in [3.05, 3.63) is 35.4 Å². The minimum atomic E-state index is -0.0244. The van der Waals surface area contributed by atoms with E-state index in [-0.39, 0.29) is 42.3 Å². The van der Waals surface area contributed by atoms with Crippen molar-refractivity contribution < 1.29 is 9.59 Å². The molecule has 1 fully saturated rings. The van der Waals surface area contributed by atoms with Crippen molar-refractivity contribution >= 4 is 41.8 Å². The maximum atomic E-state index is 12.2. The zero-order chi connectivity index (χ0) is 21.9. The van der Waals surface area contributed by atoms with E-state index in [0.717, 1.165) is 18.5 Å². The molecule has 7 nitrogen and oxygen atoms in total. The van der Waals surface area contributed by atoms with Crippen LogP contribution in [-0.2, 0) is 11.2 Å². The Balaban J connectivity index is 0.00000480. The second kappa shape index (κ2) is 14.3. The molecule has 0 heterocycles. The first-order chi connectivity index (χ1) is 14.4. The quantitative estimate of drug-likeness (QED) is 0.301. The summed E-state index contributed by atoms with van der Waals surface area (Å²) in [7, 11) is 6.99. The molecule has 174 valence electrons. The fraction of sp³-hybridized carbons (Fsp3) is 0.609. The normalized spacial score (nSPS) is 14.4. The molecule has 1 aliphatic carbocycles. The van der Waals surface area contributed by atoms with Crippen LogP contribution in [-0.4, -0.2) is 75.4 Å². The van der Waals surface area contributed by atoms with Crippen molar-refractivity contribution in [2.75, 3.05) is 47.8 Å². The first-order valence-electron chi connectivity index (χ1n) is 10.9. The van der Waals surface area contributed by atoms with E-state index < -0.39 is 0 Å². The van der Waals surface area contributed by atoms with Gasteiger partial charge in [-0.05, 0) is 42.9 Å².